The zero-order valence-corrected chi connectivity index (χ0v) is 8.62. The molecule has 1 aromatic carbocycles. The molecule has 1 heteroatoms. The molecule has 1 saturated carbocycles. The van der Waals surface area contributed by atoms with Crippen LogP contribution in [0.2, 0.25) is 0 Å². The summed E-state index contributed by atoms with van der Waals surface area (Å²) >= 11 is 0. The minimum absolute atomic E-state index is 0.807. The summed E-state index contributed by atoms with van der Waals surface area (Å²) in [6.45, 7) is 6.71. The van der Waals surface area contributed by atoms with E-state index in [-0.39, 0.29) is 0 Å². The van der Waals surface area contributed by atoms with Crippen molar-refractivity contribution in [2.75, 3.05) is 6.61 Å². The number of ether oxygens (including phenoxy) is 1. The van der Waals surface area contributed by atoms with Crippen LogP contribution < -0.4 is 4.74 Å². The summed E-state index contributed by atoms with van der Waals surface area (Å²) in [4.78, 5) is 0. The molecule has 2 rings (SSSR count). The highest BCUT2D eigenvalue weighted by Gasteiger charge is 2.22. The predicted molar refractivity (Wildman–Crippen MR) is 59.5 cm³/mol. The lowest BCUT2D eigenvalue weighted by Gasteiger charge is -2.09. The van der Waals surface area contributed by atoms with Crippen LogP contribution in [0, 0.1) is 12.8 Å². The van der Waals surface area contributed by atoms with Gasteiger partial charge in [-0.3, -0.25) is 0 Å². The third kappa shape index (κ3) is 2.16. The number of hydrogen-bond acceptors (Lipinski definition) is 1. The number of benzene rings is 1. The molecule has 0 N–H and O–H groups in total. The van der Waals surface area contributed by atoms with Gasteiger partial charge < -0.3 is 4.74 Å². The normalized spacial score (nSPS) is 15.2. The Kier molecular flexibility index (Phi) is 2.58. The van der Waals surface area contributed by atoms with Gasteiger partial charge in [0.2, 0.25) is 0 Å². The summed E-state index contributed by atoms with van der Waals surface area (Å²) in [5.74, 6) is 1.82. The average Bonchev–Trinajstić information content (AvgIpc) is 3.00. The maximum Gasteiger partial charge on any atom is 0.122 e. The number of aryl methyl sites for hydroxylation is 1. The Morgan fingerprint density at radius 2 is 2.29 bits per heavy atom. The molecule has 1 aliphatic rings. The fraction of sp³-hybridized carbons (Fsp3) is 0.385. The van der Waals surface area contributed by atoms with E-state index in [1.165, 1.54) is 18.4 Å². The van der Waals surface area contributed by atoms with Crippen molar-refractivity contribution < 1.29 is 4.74 Å². The molecule has 0 bridgehead atoms. The van der Waals surface area contributed by atoms with Crippen LogP contribution in [-0.2, 0) is 0 Å². The molecule has 74 valence electrons. The van der Waals surface area contributed by atoms with E-state index in [9.17, 15) is 0 Å². The van der Waals surface area contributed by atoms with Gasteiger partial charge in [-0.05, 0) is 42.9 Å². The van der Waals surface area contributed by atoms with Crippen molar-refractivity contribution in [2.24, 2.45) is 5.92 Å². The van der Waals surface area contributed by atoms with Gasteiger partial charge in [0, 0.05) is 0 Å². The molecule has 0 aliphatic heterocycles. The molecule has 0 aromatic heterocycles. The SMILES string of the molecule is C=Cc1ccc(C)c(OCC2CC2)c1. The zero-order valence-electron chi connectivity index (χ0n) is 8.62. The van der Waals surface area contributed by atoms with Crippen LogP contribution in [0.4, 0.5) is 0 Å². The molecule has 0 saturated heterocycles. The van der Waals surface area contributed by atoms with Gasteiger partial charge in [-0.15, -0.1) is 0 Å². The van der Waals surface area contributed by atoms with Crippen LogP contribution in [-0.4, -0.2) is 6.61 Å². The van der Waals surface area contributed by atoms with E-state index in [0.29, 0.717) is 0 Å². The van der Waals surface area contributed by atoms with Crippen LogP contribution in [0.5, 0.6) is 5.75 Å². The maximum atomic E-state index is 5.76. The molecule has 14 heavy (non-hydrogen) atoms. The second kappa shape index (κ2) is 3.87. The highest BCUT2D eigenvalue weighted by Crippen LogP contribution is 2.30. The van der Waals surface area contributed by atoms with Crippen molar-refractivity contribution >= 4 is 6.08 Å². The first-order valence-corrected chi connectivity index (χ1v) is 5.15. The molecule has 0 heterocycles. The molecule has 0 radical (unpaired) electrons. The molecule has 1 aliphatic carbocycles. The Balaban J connectivity index is 2.08. The minimum Gasteiger partial charge on any atom is -0.493 e. The third-order valence-electron chi connectivity index (χ3n) is 2.62. The van der Waals surface area contributed by atoms with Crippen molar-refractivity contribution in [3.8, 4) is 5.75 Å². The van der Waals surface area contributed by atoms with Gasteiger partial charge in [0.05, 0.1) is 6.61 Å². The largest absolute Gasteiger partial charge is 0.493 e. The number of hydrogen-bond donors (Lipinski definition) is 0. The first kappa shape index (κ1) is 9.32. The molecule has 0 unspecified atom stereocenters. The molecular formula is C13H16O. The van der Waals surface area contributed by atoms with E-state index in [2.05, 4.69) is 31.7 Å². The Bertz CT molecular complexity index is 337. The molecule has 1 aromatic rings. The fourth-order valence-corrected chi connectivity index (χ4v) is 1.39. The van der Waals surface area contributed by atoms with Gasteiger partial charge in [0.25, 0.3) is 0 Å². The summed E-state index contributed by atoms with van der Waals surface area (Å²) < 4.78 is 5.76. The lowest BCUT2D eigenvalue weighted by molar-refractivity contribution is 0.298. The summed E-state index contributed by atoms with van der Waals surface area (Å²) in [6, 6.07) is 6.20. The minimum atomic E-state index is 0.807. The molecule has 0 spiro atoms. The molecular weight excluding hydrogens is 172 g/mol. The quantitative estimate of drug-likeness (QED) is 0.703. The second-order valence-electron chi connectivity index (χ2n) is 3.98. The second-order valence-corrected chi connectivity index (χ2v) is 3.98. The van der Waals surface area contributed by atoms with Crippen LogP contribution in [0.25, 0.3) is 6.08 Å². The van der Waals surface area contributed by atoms with Crippen LogP contribution >= 0.6 is 0 Å². The first-order valence-electron chi connectivity index (χ1n) is 5.15. The Morgan fingerprint density at radius 1 is 1.50 bits per heavy atom. The van der Waals surface area contributed by atoms with E-state index in [0.717, 1.165) is 23.8 Å². The Hall–Kier alpha value is -1.24. The van der Waals surface area contributed by atoms with Gasteiger partial charge in [-0.1, -0.05) is 24.8 Å². The molecule has 0 atom stereocenters. The predicted octanol–water partition coefficient (Wildman–Crippen LogP) is 3.43. The van der Waals surface area contributed by atoms with E-state index in [1.807, 2.05) is 6.08 Å². The standard InChI is InChI=1S/C13H16O/c1-3-11-5-4-10(2)13(8-11)14-9-12-6-7-12/h3-5,8,12H,1,6-7,9H2,2H3. The van der Waals surface area contributed by atoms with Gasteiger partial charge in [-0.2, -0.15) is 0 Å². The van der Waals surface area contributed by atoms with Crippen LogP contribution in [0.1, 0.15) is 24.0 Å². The lowest BCUT2D eigenvalue weighted by atomic mass is 10.1. The first-order chi connectivity index (χ1) is 6.79. The smallest absolute Gasteiger partial charge is 0.122 e. The lowest BCUT2D eigenvalue weighted by Crippen LogP contribution is -2.00. The summed E-state index contributed by atoms with van der Waals surface area (Å²) in [6.07, 6.45) is 4.52. The fourth-order valence-electron chi connectivity index (χ4n) is 1.39. The maximum absolute atomic E-state index is 5.76. The van der Waals surface area contributed by atoms with Crippen molar-refractivity contribution in [3.63, 3.8) is 0 Å². The van der Waals surface area contributed by atoms with Gasteiger partial charge in [0.15, 0.2) is 0 Å². The molecule has 0 amide bonds. The molecule has 1 fully saturated rings. The van der Waals surface area contributed by atoms with Gasteiger partial charge in [0.1, 0.15) is 5.75 Å². The molecule has 1 nitrogen and oxygen atoms in total. The zero-order chi connectivity index (χ0) is 9.97. The van der Waals surface area contributed by atoms with Crippen LogP contribution in [0.15, 0.2) is 24.8 Å². The number of rotatable bonds is 4. The van der Waals surface area contributed by atoms with Gasteiger partial charge >= 0.3 is 0 Å². The van der Waals surface area contributed by atoms with Gasteiger partial charge in [-0.25, -0.2) is 0 Å². The Morgan fingerprint density at radius 3 is 2.93 bits per heavy atom. The summed E-state index contributed by atoms with van der Waals surface area (Å²) in [7, 11) is 0. The van der Waals surface area contributed by atoms with E-state index < -0.39 is 0 Å². The highest BCUT2D eigenvalue weighted by atomic mass is 16.5. The summed E-state index contributed by atoms with van der Waals surface area (Å²) in [5, 5.41) is 0. The van der Waals surface area contributed by atoms with Crippen molar-refractivity contribution in [2.45, 2.75) is 19.8 Å². The summed E-state index contributed by atoms with van der Waals surface area (Å²) in [5.41, 5.74) is 2.33. The van der Waals surface area contributed by atoms with E-state index >= 15 is 0 Å². The monoisotopic (exact) mass is 188 g/mol. The highest BCUT2D eigenvalue weighted by molar-refractivity contribution is 5.51. The third-order valence-corrected chi connectivity index (χ3v) is 2.62. The van der Waals surface area contributed by atoms with E-state index in [1.54, 1.807) is 0 Å². The van der Waals surface area contributed by atoms with E-state index in [4.69, 9.17) is 4.74 Å². The van der Waals surface area contributed by atoms with Crippen LogP contribution in [0.3, 0.4) is 0 Å². The topological polar surface area (TPSA) is 9.23 Å². The van der Waals surface area contributed by atoms with Crippen molar-refractivity contribution in [3.05, 3.63) is 35.9 Å². The Labute approximate surface area is 85.4 Å². The average molecular weight is 188 g/mol. The van der Waals surface area contributed by atoms with Crippen molar-refractivity contribution in [1.29, 1.82) is 0 Å². The van der Waals surface area contributed by atoms with Crippen molar-refractivity contribution in [1.82, 2.24) is 0 Å².